The van der Waals surface area contributed by atoms with Crippen LogP contribution in [0.1, 0.15) is 12.5 Å². The van der Waals surface area contributed by atoms with Gasteiger partial charge >= 0.3 is 5.97 Å². The van der Waals surface area contributed by atoms with Crippen molar-refractivity contribution in [1.82, 2.24) is 0 Å². The molecule has 1 N–H and O–H groups in total. The highest BCUT2D eigenvalue weighted by Crippen LogP contribution is 2.17. The van der Waals surface area contributed by atoms with Crippen LogP contribution in [0.5, 0.6) is 0 Å². The average molecular weight is 246 g/mol. The van der Waals surface area contributed by atoms with Crippen LogP contribution in [0.15, 0.2) is 18.2 Å². The summed E-state index contributed by atoms with van der Waals surface area (Å²) < 4.78 is 25.6. The molecule has 0 saturated heterocycles. The van der Waals surface area contributed by atoms with Crippen LogP contribution in [0.25, 0.3) is 0 Å². The minimum atomic E-state index is -0.863. The molecule has 0 aliphatic carbocycles. The molecule has 0 saturated carbocycles. The summed E-state index contributed by atoms with van der Waals surface area (Å²) in [7, 11) is 0. The molecule has 88 valence electrons. The Morgan fingerprint density at radius 1 is 1.38 bits per heavy atom. The molecule has 0 radical (unpaired) electrons. The fourth-order valence-electron chi connectivity index (χ4n) is 1.12. The Balaban J connectivity index is 2.46. The van der Waals surface area contributed by atoms with Gasteiger partial charge in [-0.3, -0.25) is 4.79 Å². The van der Waals surface area contributed by atoms with E-state index in [1.807, 2.05) is 0 Å². The van der Waals surface area contributed by atoms with Gasteiger partial charge in [-0.1, -0.05) is 6.92 Å². The third-order valence-corrected chi connectivity index (χ3v) is 3.25. The first kappa shape index (κ1) is 13.0. The van der Waals surface area contributed by atoms with Crippen LogP contribution in [0.2, 0.25) is 0 Å². The summed E-state index contributed by atoms with van der Waals surface area (Å²) in [6.07, 6.45) is 0. The van der Waals surface area contributed by atoms with Gasteiger partial charge in [-0.25, -0.2) is 8.78 Å². The number of halogens is 2. The molecule has 2 nitrogen and oxygen atoms in total. The largest absolute Gasteiger partial charge is 0.481 e. The van der Waals surface area contributed by atoms with Crippen molar-refractivity contribution in [3.8, 4) is 0 Å². The molecule has 1 atom stereocenters. The number of aliphatic carboxylic acids is 1. The van der Waals surface area contributed by atoms with E-state index in [9.17, 15) is 13.6 Å². The van der Waals surface area contributed by atoms with Crippen molar-refractivity contribution in [2.45, 2.75) is 12.7 Å². The molecule has 0 aliphatic heterocycles. The van der Waals surface area contributed by atoms with Gasteiger partial charge in [0.15, 0.2) is 0 Å². The van der Waals surface area contributed by atoms with Crippen molar-refractivity contribution in [3.63, 3.8) is 0 Å². The minimum absolute atomic E-state index is 0.409. The van der Waals surface area contributed by atoms with Gasteiger partial charge in [-0.05, 0) is 17.7 Å². The van der Waals surface area contributed by atoms with E-state index in [1.165, 1.54) is 23.9 Å². The Hall–Kier alpha value is -1.10. The second-order valence-electron chi connectivity index (χ2n) is 3.53. The molecule has 1 unspecified atom stereocenters. The quantitative estimate of drug-likeness (QED) is 0.868. The maximum atomic E-state index is 12.8. The second-order valence-corrected chi connectivity index (χ2v) is 4.56. The number of hydrogen-bond acceptors (Lipinski definition) is 2. The van der Waals surface area contributed by atoms with Crippen LogP contribution in [0.3, 0.4) is 0 Å². The minimum Gasteiger partial charge on any atom is -0.481 e. The zero-order valence-electron chi connectivity index (χ0n) is 8.74. The summed E-state index contributed by atoms with van der Waals surface area (Å²) in [4.78, 5) is 10.5. The molecule has 1 aromatic rings. The van der Waals surface area contributed by atoms with Crippen LogP contribution >= 0.6 is 11.8 Å². The van der Waals surface area contributed by atoms with Crippen molar-refractivity contribution in [3.05, 3.63) is 35.4 Å². The number of benzene rings is 1. The number of carboxylic acids is 1. The standard InChI is InChI=1S/C11H12F2O2S/c1-7(11(14)15)5-16-6-8-2-9(12)4-10(13)3-8/h2-4,7H,5-6H2,1H3,(H,14,15). The smallest absolute Gasteiger partial charge is 0.307 e. The highest BCUT2D eigenvalue weighted by Gasteiger charge is 2.10. The van der Waals surface area contributed by atoms with Gasteiger partial charge < -0.3 is 5.11 Å². The van der Waals surface area contributed by atoms with E-state index in [-0.39, 0.29) is 0 Å². The van der Waals surface area contributed by atoms with E-state index in [4.69, 9.17) is 5.11 Å². The number of rotatable bonds is 5. The van der Waals surface area contributed by atoms with Gasteiger partial charge in [0.2, 0.25) is 0 Å². The Morgan fingerprint density at radius 2 is 1.94 bits per heavy atom. The summed E-state index contributed by atoms with van der Waals surface area (Å²) >= 11 is 1.35. The van der Waals surface area contributed by atoms with Crippen molar-refractivity contribution in [1.29, 1.82) is 0 Å². The van der Waals surface area contributed by atoms with Crippen LogP contribution in [0.4, 0.5) is 8.78 Å². The van der Waals surface area contributed by atoms with Crippen molar-refractivity contribution in [2.75, 3.05) is 5.75 Å². The Morgan fingerprint density at radius 3 is 2.44 bits per heavy atom. The van der Waals surface area contributed by atoms with E-state index in [0.717, 1.165) is 6.07 Å². The number of thioether (sulfide) groups is 1. The summed E-state index contributed by atoms with van der Waals surface area (Å²) in [6.45, 7) is 1.60. The van der Waals surface area contributed by atoms with Gasteiger partial charge in [0.05, 0.1) is 5.92 Å². The predicted molar refractivity (Wildman–Crippen MR) is 59.3 cm³/mol. The van der Waals surface area contributed by atoms with Crippen LogP contribution < -0.4 is 0 Å². The average Bonchev–Trinajstić information content (AvgIpc) is 2.15. The predicted octanol–water partition coefficient (Wildman–Crippen LogP) is 2.92. The van der Waals surface area contributed by atoms with Crippen LogP contribution in [0, 0.1) is 17.6 Å². The first-order valence-corrected chi connectivity index (χ1v) is 5.90. The van der Waals surface area contributed by atoms with Crippen molar-refractivity contribution >= 4 is 17.7 Å². The highest BCUT2D eigenvalue weighted by atomic mass is 32.2. The van der Waals surface area contributed by atoms with Gasteiger partial charge in [-0.2, -0.15) is 11.8 Å². The Labute approximate surface area is 96.7 Å². The van der Waals surface area contributed by atoms with E-state index >= 15 is 0 Å². The Bertz CT molecular complexity index is 362. The fraction of sp³-hybridized carbons (Fsp3) is 0.364. The maximum Gasteiger partial charge on any atom is 0.307 e. The summed E-state index contributed by atoms with van der Waals surface area (Å²) in [5.41, 5.74) is 0.528. The van der Waals surface area contributed by atoms with Gasteiger partial charge in [0.1, 0.15) is 11.6 Å². The lowest BCUT2D eigenvalue weighted by atomic mass is 10.2. The molecule has 0 amide bonds. The zero-order valence-corrected chi connectivity index (χ0v) is 9.56. The molecule has 1 aromatic carbocycles. The zero-order chi connectivity index (χ0) is 12.1. The first-order chi connectivity index (χ1) is 7.49. The topological polar surface area (TPSA) is 37.3 Å². The fourth-order valence-corrected chi connectivity index (χ4v) is 2.14. The molecule has 16 heavy (non-hydrogen) atoms. The molecular formula is C11H12F2O2S. The maximum absolute atomic E-state index is 12.8. The second kappa shape index (κ2) is 5.84. The van der Waals surface area contributed by atoms with Crippen molar-refractivity contribution < 1.29 is 18.7 Å². The lowest BCUT2D eigenvalue weighted by molar-refractivity contribution is -0.140. The van der Waals surface area contributed by atoms with Gasteiger partial charge in [0, 0.05) is 17.6 Å². The van der Waals surface area contributed by atoms with Crippen LogP contribution in [-0.4, -0.2) is 16.8 Å². The van der Waals surface area contributed by atoms with Crippen molar-refractivity contribution in [2.24, 2.45) is 5.92 Å². The molecule has 1 rings (SSSR count). The third kappa shape index (κ3) is 4.18. The lowest BCUT2D eigenvalue weighted by Gasteiger charge is -2.06. The van der Waals surface area contributed by atoms with E-state index in [0.29, 0.717) is 17.1 Å². The highest BCUT2D eigenvalue weighted by molar-refractivity contribution is 7.98. The molecular weight excluding hydrogens is 234 g/mol. The molecule has 0 aliphatic rings. The molecule has 0 aromatic heterocycles. The molecule has 0 spiro atoms. The third-order valence-electron chi connectivity index (χ3n) is 1.98. The first-order valence-electron chi connectivity index (χ1n) is 4.74. The van der Waals surface area contributed by atoms with Gasteiger partial charge in [0.25, 0.3) is 0 Å². The monoisotopic (exact) mass is 246 g/mol. The summed E-state index contributed by atoms with van der Waals surface area (Å²) in [6, 6.07) is 3.32. The number of carbonyl (C=O) groups is 1. The summed E-state index contributed by atoms with van der Waals surface area (Å²) in [5.74, 6) is -1.70. The molecule has 5 heteroatoms. The number of hydrogen-bond donors (Lipinski definition) is 1. The SMILES string of the molecule is CC(CSCc1cc(F)cc(F)c1)C(=O)O. The van der Waals surface area contributed by atoms with E-state index < -0.39 is 23.5 Å². The number of carboxylic acid groups (broad SMARTS) is 1. The summed E-state index contributed by atoms with van der Waals surface area (Å²) in [5, 5.41) is 8.63. The molecule has 0 bridgehead atoms. The molecule has 0 fully saturated rings. The molecule has 0 heterocycles. The van der Waals surface area contributed by atoms with Gasteiger partial charge in [-0.15, -0.1) is 0 Å². The van der Waals surface area contributed by atoms with E-state index in [1.54, 1.807) is 6.92 Å². The Kier molecular flexibility index (Phi) is 4.73. The lowest BCUT2D eigenvalue weighted by Crippen LogP contribution is -2.11. The normalized spacial score (nSPS) is 12.4. The van der Waals surface area contributed by atoms with Crippen LogP contribution in [-0.2, 0) is 10.5 Å². The van der Waals surface area contributed by atoms with E-state index in [2.05, 4.69) is 0 Å².